The number of benzene rings is 3. The van der Waals surface area contributed by atoms with Gasteiger partial charge in [-0.2, -0.15) is 0 Å². The Kier molecular flexibility index (Phi) is 4.81. The number of aliphatic hydroxyl groups is 1. The van der Waals surface area contributed by atoms with E-state index in [-0.39, 0.29) is 11.3 Å². The molecule has 5 nitrogen and oxygen atoms in total. The fourth-order valence-electron chi connectivity index (χ4n) is 3.74. The highest BCUT2D eigenvalue weighted by atomic mass is 35.5. The molecule has 0 unspecified atom stereocenters. The second kappa shape index (κ2) is 7.65. The number of hydrogen-bond acceptors (Lipinski definition) is 5. The number of aliphatic hydroxyl groups excluding tert-OH is 1. The normalized spacial score (nSPS) is 18.1. The monoisotopic (exact) mass is 446 g/mol. The summed E-state index contributed by atoms with van der Waals surface area (Å²) in [5.74, 6) is -1.76. The van der Waals surface area contributed by atoms with Crippen LogP contribution in [0.2, 0.25) is 5.02 Å². The topological polar surface area (TPSA) is 70.5 Å². The Morgan fingerprint density at radius 2 is 1.61 bits per heavy atom. The van der Waals surface area contributed by atoms with Gasteiger partial charge in [-0.3, -0.25) is 14.5 Å². The van der Waals surface area contributed by atoms with Crippen molar-refractivity contribution < 1.29 is 14.7 Å². The summed E-state index contributed by atoms with van der Waals surface area (Å²) in [6.07, 6.45) is 0. The third kappa shape index (κ3) is 3.21. The molecule has 7 heteroatoms. The van der Waals surface area contributed by atoms with Crippen molar-refractivity contribution in [2.45, 2.75) is 6.04 Å². The molecule has 0 radical (unpaired) electrons. The number of para-hydroxylation sites is 1. The Morgan fingerprint density at radius 1 is 0.935 bits per heavy atom. The van der Waals surface area contributed by atoms with Gasteiger partial charge in [-0.25, -0.2) is 4.98 Å². The van der Waals surface area contributed by atoms with E-state index in [4.69, 9.17) is 11.6 Å². The highest BCUT2D eigenvalue weighted by Crippen LogP contribution is 2.45. The van der Waals surface area contributed by atoms with Crippen LogP contribution in [0.15, 0.2) is 84.4 Å². The number of aromatic nitrogens is 1. The number of anilines is 1. The molecule has 0 bridgehead atoms. The van der Waals surface area contributed by atoms with Gasteiger partial charge in [-0.15, -0.1) is 0 Å². The van der Waals surface area contributed by atoms with Crippen LogP contribution in [-0.2, 0) is 9.59 Å². The molecule has 1 fully saturated rings. The number of hydrogen-bond donors (Lipinski definition) is 1. The summed E-state index contributed by atoms with van der Waals surface area (Å²) in [6.45, 7) is 0. The van der Waals surface area contributed by atoms with E-state index in [9.17, 15) is 14.7 Å². The first-order valence-corrected chi connectivity index (χ1v) is 10.7. The smallest absolute Gasteiger partial charge is 0.301 e. The molecule has 1 atom stereocenters. The maximum atomic E-state index is 13.2. The number of ketones is 1. The van der Waals surface area contributed by atoms with Crippen LogP contribution in [0.4, 0.5) is 5.13 Å². The zero-order valence-electron chi connectivity index (χ0n) is 16.0. The molecule has 1 N–H and O–H groups in total. The zero-order valence-corrected chi connectivity index (χ0v) is 17.6. The van der Waals surface area contributed by atoms with Gasteiger partial charge in [0.1, 0.15) is 5.76 Å². The van der Waals surface area contributed by atoms with Crippen molar-refractivity contribution in [2.75, 3.05) is 4.90 Å². The average Bonchev–Trinajstić information content (AvgIpc) is 3.33. The van der Waals surface area contributed by atoms with E-state index in [2.05, 4.69) is 4.98 Å². The number of nitrogens with zero attached hydrogens (tertiary/aromatic N) is 2. The maximum absolute atomic E-state index is 13.2. The van der Waals surface area contributed by atoms with Crippen molar-refractivity contribution >= 4 is 55.7 Å². The van der Waals surface area contributed by atoms with Crippen LogP contribution in [0.5, 0.6) is 0 Å². The first-order valence-electron chi connectivity index (χ1n) is 9.52. The van der Waals surface area contributed by atoms with E-state index >= 15 is 0 Å². The van der Waals surface area contributed by atoms with Crippen LogP contribution in [0.25, 0.3) is 16.0 Å². The van der Waals surface area contributed by atoms with Crippen LogP contribution in [0.1, 0.15) is 17.2 Å². The molecule has 5 rings (SSSR count). The van der Waals surface area contributed by atoms with Crippen molar-refractivity contribution in [1.29, 1.82) is 0 Å². The minimum atomic E-state index is -0.894. The molecule has 1 aliphatic rings. The minimum Gasteiger partial charge on any atom is -0.507 e. The van der Waals surface area contributed by atoms with Crippen molar-refractivity contribution in [3.8, 4) is 0 Å². The molecule has 0 saturated carbocycles. The first-order chi connectivity index (χ1) is 15.1. The van der Waals surface area contributed by atoms with Gasteiger partial charge in [0.25, 0.3) is 5.78 Å². The van der Waals surface area contributed by atoms with Gasteiger partial charge in [0.2, 0.25) is 0 Å². The number of carbonyl (C=O) groups excluding carboxylic acids is 2. The molecular weight excluding hydrogens is 432 g/mol. The molecule has 2 heterocycles. The molecule has 0 spiro atoms. The number of fused-ring (bicyclic) bond motifs is 1. The number of amides is 1. The molecular formula is C24H15ClN2O3S. The summed E-state index contributed by atoms with van der Waals surface area (Å²) in [5.41, 5.74) is 1.70. The van der Waals surface area contributed by atoms with Gasteiger partial charge in [-0.1, -0.05) is 83.6 Å². The van der Waals surface area contributed by atoms with Crippen LogP contribution < -0.4 is 4.90 Å². The molecule has 0 aliphatic carbocycles. The van der Waals surface area contributed by atoms with E-state index in [1.807, 2.05) is 30.3 Å². The molecule has 1 aromatic heterocycles. The largest absolute Gasteiger partial charge is 0.507 e. The summed E-state index contributed by atoms with van der Waals surface area (Å²) in [5, 5.41) is 11.8. The van der Waals surface area contributed by atoms with E-state index < -0.39 is 17.7 Å². The van der Waals surface area contributed by atoms with Crippen LogP contribution in [0.3, 0.4) is 0 Å². The summed E-state index contributed by atoms with van der Waals surface area (Å²) in [7, 11) is 0. The Morgan fingerprint density at radius 3 is 2.35 bits per heavy atom. The summed E-state index contributed by atoms with van der Waals surface area (Å²) in [6, 6.07) is 22.3. The van der Waals surface area contributed by atoms with E-state index in [0.29, 0.717) is 21.3 Å². The van der Waals surface area contributed by atoms with Crippen LogP contribution in [0, 0.1) is 0 Å². The summed E-state index contributed by atoms with van der Waals surface area (Å²) >= 11 is 7.79. The highest BCUT2D eigenvalue weighted by Gasteiger charge is 2.48. The second-order valence-electron chi connectivity index (χ2n) is 7.02. The second-order valence-corrected chi connectivity index (χ2v) is 8.44. The number of halogens is 1. The van der Waals surface area contributed by atoms with E-state index in [1.165, 1.54) is 16.2 Å². The Labute approximate surface area is 186 Å². The zero-order chi connectivity index (χ0) is 21.5. The lowest BCUT2D eigenvalue weighted by Gasteiger charge is -2.23. The SMILES string of the molecule is O=C1C(=O)N(c2nc3ccccc3s2)[C@@H](c2ccccc2Cl)C1=C(O)c1ccccc1. The molecule has 3 aromatic carbocycles. The Bertz CT molecular complexity index is 1330. The molecule has 152 valence electrons. The average molecular weight is 447 g/mol. The fourth-order valence-corrected chi connectivity index (χ4v) is 4.97. The molecule has 1 amide bonds. The predicted octanol–water partition coefficient (Wildman–Crippen LogP) is 5.58. The molecule has 31 heavy (non-hydrogen) atoms. The van der Waals surface area contributed by atoms with Crippen molar-refractivity contribution in [1.82, 2.24) is 4.98 Å². The quantitative estimate of drug-likeness (QED) is 0.253. The number of rotatable bonds is 3. The van der Waals surface area contributed by atoms with Crippen LogP contribution in [-0.4, -0.2) is 21.8 Å². The number of carbonyl (C=O) groups is 2. The van der Waals surface area contributed by atoms with Crippen molar-refractivity contribution in [3.63, 3.8) is 0 Å². The first kappa shape index (κ1) is 19.5. The number of thiazole rings is 1. The van der Waals surface area contributed by atoms with E-state index in [1.54, 1.807) is 48.5 Å². The lowest BCUT2D eigenvalue weighted by molar-refractivity contribution is -0.132. The van der Waals surface area contributed by atoms with Gasteiger partial charge >= 0.3 is 5.91 Å². The van der Waals surface area contributed by atoms with Gasteiger partial charge in [0.05, 0.1) is 21.8 Å². The minimum absolute atomic E-state index is 0.0106. The van der Waals surface area contributed by atoms with Crippen LogP contribution >= 0.6 is 22.9 Å². The molecule has 1 aliphatic heterocycles. The third-order valence-corrected chi connectivity index (χ3v) is 6.56. The van der Waals surface area contributed by atoms with E-state index in [0.717, 1.165) is 10.2 Å². The third-order valence-electron chi connectivity index (χ3n) is 5.18. The lowest BCUT2D eigenvalue weighted by atomic mass is 9.95. The fraction of sp³-hybridized carbons (Fsp3) is 0.0417. The Balaban J connectivity index is 1.77. The van der Waals surface area contributed by atoms with Gasteiger partial charge in [-0.05, 0) is 23.8 Å². The molecule has 4 aromatic rings. The summed E-state index contributed by atoms with van der Waals surface area (Å²) < 4.78 is 0.889. The molecule has 1 saturated heterocycles. The lowest BCUT2D eigenvalue weighted by Crippen LogP contribution is -2.29. The van der Waals surface area contributed by atoms with Crippen molar-refractivity contribution in [2.24, 2.45) is 0 Å². The predicted molar refractivity (Wildman–Crippen MR) is 122 cm³/mol. The van der Waals surface area contributed by atoms with Gasteiger partial charge in [0.15, 0.2) is 5.13 Å². The maximum Gasteiger partial charge on any atom is 0.301 e. The Hall–Kier alpha value is -3.48. The van der Waals surface area contributed by atoms with Crippen molar-refractivity contribution in [3.05, 3.63) is 101 Å². The standard InChI is InChI=1S/C24H15ClN2O3S/c25-16-11-5-4-10-15(16)20-19(21(28)14-8-2-1-3-9-14)22(29)23(30)27(20)24-26-17-12-6-7-13-18(17)31-24/h1-13,20,28H/t20-/m0/s1. The highest BCUT2D eigenvalue weighted by molar-refractivity contribution is 7.22. The van der Waals surface area contributed by atoms with Gasteiger partial charge in [0, 0.05) is 10.6 Å². The number of Topliss-reactive ketones (excluding diaryl/α,β-unsaturated/α-hetero) is 1. The van der Waals surface area contributed by atoms with Gasteiger partial charge < -0.3 is 5.11 Å². The summed E-state index contributed by atoms with van der Waals surface area (Å²) in [4.78, 5) is 32.2.